The van der Waals surface area contributed by atoms with Crippen molar-refractivity contribution in [3.05, 3.63) is 77.0 Å². The first-order chi connectivity index (χ1) is 13.3. The third-order valence-corrected chi connectivity index (χ3v) is 5.52. The van der Waals surface area contributed by atoms with Gasteiger partial charge in [-0.1, -0.05) is 44.2 Å². The molecular formula is C23H21F2NO2. The van der Waals surface area contributed by atoms with Gasteiger partial charge in [0.05, 0.1) is 5.69 Å². The molecule has 0 bridgehead atoms. The number of benzene rings is 2. The van der Waals surface area contributed by atoms with Crippen LogP contribution in [0.4, 0.5) is 14.5 Å². The molecule has 1 aliphatic heterocycles. The van der Waals surface area contributed by atoms with Gasteiger partial charge in [0.1, 0.15) is 11.6 Å². The maximum Gasteiger partial charge on any atom is 0.232 e. The Kier molecular flexibility index (Phi) is 4.41. The molecule has 1 amide bonds. The number of carbonyl (C=O) groups excluding carboxylic acids is 2. The van der Waals surface area contributed by atoms with Gasteiger partial charge < -0.3 is 0 Å². The zero-order chi connectivity index (χ0) is 20.1. The third kappa shape index (κ3) is 3.05. The van der Waals surface area contributed by atoms with E-state index in [1.54, 1.807) is 30.3 Å². The molecule has 1 aliphatic carbocycles. The van der Waals surface area contributed by atoms with Crippen molar-refractivity contribution in [2.24, 2.45) is 5.41 Å². The standard InChI is InChI=1S/C23H21F2NO2/c1-23(2)12-19-22(20(27)13-23)15(14-7-3-4-8-16(14)24)11-21(28)26(19)18-10-6-5-9-17(18)25/h3-10,15H,11-13H2,1-2H3. The molecule has 0 spiro atoms. The number of hydrogen-bond acceptors (Lipinski definition) is 2. The SMILES string of the molecule is CC1(C)CC(=O)C2=C(C1)N(c1ccccc1F)C(=O)CC2c1ccccc1F. The summed E-state index contributed by atoms with van der Waals surface area (Å²) in [6, 6.07) is 12.3. The van der Waals surface area contributed by atoms with Crippen LogP contribution in [0.3, 0.4) is 0 Å². The number of ketones is 1. The van der Waals surface area contributed by atoms with Crippen LogP contribution in [0.2, 0.25) is 0 Å². The van der Waals surface area contributed by atoms with Gasteiger partial charge in [-0.3, -0.25) is 14.5 Å². The molecule has 1 unspecified atom stereocenters. The monoisotopic (exact) mass is 381 g/mol. The average Bonchev–Trinajstić information content (AvgIpc) is 2.61. The molecule has 2 aromatic rings. The summed E-state index contributed by atoms with van der Waals surface area (Å²) in [4.78, 5) is 27.5. The van der Waals surface area contributed by atoms with Gasteiger partial charge >= 0.3 is 0 Å². The number of Topliss-reactive ketones (excluding diaryl/α,β-unsaturated/α-hetero) is 1. The molecule has 4 rings (SSSR count). The number of allylic oxidation sites excluding steroid dienone is 2. The molecule has 144 valence electrons. The normalized spacial score (nSPS) is 21.7. The van der Waals surface area contributed by atoms with E-state index in [2.05, 4.69) is 0 Å². The first-order valence-electron chi connectivity index (χ1n) is 9.37. The van der Waals surface area contributed by atoms with Gasteiger partial charge in [-0.25, -0.2) is 8.78 Å². The first kappa shape index (κ1) is 18.5. The summed E-state index contributed by atoms with van der Waals surface area (Å²) in [5, 5.41) is 0. The Morgan fingerprint density at radius 1 is 0.929 bits per heavy atom. The predicted molar refractivity (Wildman–Crippen MR) is 103 cm³/mol. The number of anilines is 1. The molecule has 0 radical (unpaired) electrons. The van der Waals surface area contributed by atoms with Gasteiger partial charge in [-0.05, 0) is 35.6 Å². The fraction of sp³-hybridized carbons (Fsp3) is 0.304. The topological polar surface area (TPSA) is 37.4 Å². The van der Waals surface area contributed by atoms with Crippen molar-refractivity contribution in [3.8, 4) is 0 Å². The Morgan fingerprint density at radius 2 is 1.57 bits per heavy atom. The van der Waals surface area contributed by atoms with E-state index in [4.69, 9.17) is 0 Å². The number of carbonyl (C=O) groups is 2. The fourth-order valence-electron chi connectivity index (χ4n) is 4.35. The summed E-state index contributed by atoms with van der Waals surface area (Å²) < 4.78 is 29.0. The molecule has 1 atom stereocenters. The molecule has 5 heteroatoms. The molecule has 28 heavy (non-hydrogen) atoms. The maximum absolute atomic E-state index is 14.5. The lowest BCUT2D eigenvalue weighted by molar-refractivity contribution is -0.121. The lowest BCUT2D eigenvalue weighted by Gasteiger charge is -2.43. The third-order valence-electron chi connectivity index (χ3n) is 5.52. The number of amides is 1. The van der Waals surface area contributed by atoms with Crippen molar-refractivity contribution in [2.45, 2.75) is 39.0 Å². The second-order valence-electron chi connectivity index (χ2n) is 8.26. The largest absolute Gasteiger partial charge is 0.294 e. The van der Waals surface area contributed by atoms with Crippen LogP contribution >= 0.6 is 0 Å². The number of nitrogens with zero attached hydrogens (tertiary/aromatic N) is 1. The molecular weight excluding hydrogens is 360 g/mol. The molecule has 0 fully saturated rings. The summed E-state index contributed by atoms with van der Waals surface area (Å²) in [7, 11) is 0. The average molecular weight is 381 g/mol. The zero-order valence-electron chi connectivity index (χ0n) is 15.8. The van der Waals surface area contributed by atoms with Crippen LogP contribution in [-0.2, 0) is 9.59 Å². The lowest BCUT2D eigenvalue weighted by atomic mass is 9.69. The van der Waals surface area contributed by atoms with Crippen molar-refractivity contribution in [3.63, 3.8) is 0 Å². The van der Waals surface area contributed by atoms with Crippen molar-refractivity contribution in [1.82, 2.24) is 0 Å². The Balaban J connectivity index is 1.94. The minimum absolute atomic E-state index is 0.0692. The van der Waals surface area contributed by atoms with Gasteiger partial charge in [0.25, 0.3) is 0 Å². The predicted octanol–water partition coefficient (Wildman–Crippen LogP) is 5.13. The highest BCUT2D eigenvalue weighted by molar-refractivity contribution is 6.07. The number of para-hydroxylation sites is 1. The van der Waals surface area contributed by atoms with E-state index >= 15 is 0 Å². The summed E-state index contributed by atoms with van der Waals surface area (Å²) >= 11 is 0. The number of rotatable bonds is 2. The molecule has 0 saturated heterocycles. The van der Waals surface area contributed by atoms with Crippen LogP contribution in [0, 0.1) is 17.0 Å². The lowest BCUT2D eigenvalue weighted by Crippen LogP contribution is -2.44. The quantitative estimate of drug-likeness (QED) is 0.723. The van der Waals surface area contributed by atoms with Crippen molar-refractivity contribution in [2.75, 3.05) is 4.90 Å². The van der Waals surface area contributed by atoms with Crippen LogP contribution in [0.25, 0.3) is 0 Å². The fourth-order valence-corrected chi connectivity index (χ4v) is 4.35. The molecule has 0 saturated carbocycles. The number of hydrogen-bond donors (Lipinski definition) is 0. The summed E-state index contributed by atoms with van der Waals surface area (Å²) in [6.45, 7) is 3.90. The van der Waals surface area contributed by atoms with Gasteiger partial charge in [0.2, 0.25) is 5.91 Å². The van der Waals surface area contributed by atoms with Gasteiger partial charge in [-0.15, -0.1) is 0 Å². The van der Waals surface area contributed by atoms with E-state index in [9.17, 15) is 18.4 Å². The van der Waals surface area contributed by atoms with Gasteiger partial charge in [0, 0.05) is 30.0 Å². The highest BCUT2D eigenvalue weighted by Gasteiger charge is 2.45. The van der Waals surface area contributed by atoms with Gasteiger partial charge in [-0.2, -0.15) is 0 Å². The van der Waals surface area contributed by atoms with E-state index < -0.39 is 17.6 Å². The minimum atomic E-state index is -0.643. The highest BCUT2D eigenvalue weighted by Crippen LogP contribution is 2.48. The van der Waals surface area contributed by atoms with Crippen LogP contribution in [0.15, 0.2) is 59.8 Å². The molecule has 3 nitrogen and oxygen atoms in total. The van der Waals surface area contributed by atoms with Crippen LogP contribution in [0.5, 0.6) is 0 Å². The van der Waals surface area contributed by atoms with E-state index in [1.807, 2.05) is 13.8 Å². The smallest absolute Gasteiger partial charge is 0.232 e. The summed E-state index contributed by atoms with van der Waals surface area (Å²) in [6.07, 6.45) is 0.690. The first-order valence-corrected chi connectivity index (χ1v) is 9.37. The molecule has 2 aliphatic rings. The van der Waals surface area contributed by atoms with Crippen LogP contribution in [0.1, 0.15) is 44.6 Å². The second kappa shape index (κ2) is 6.66. The van der Waals surface area contributed by atoms with E-state index in [-0.39, 0.29) is 29.2 Å². The highest BCUT2D eigenvalue weighted by atomic mass is 19.1. The van der Waals surface area contributed by atoms with E-state index in [0.29, 0.717) is 29.7 Å². The van der Waals surface area contributed by atoms with Crippen LogP contribution in [-0.4, -0.2) is 11.7 Å². The second-order valence-corrected chi connectivity index (χ2v) is 8.26. The minimum Gasteiger partial charge on any atom is -0.294 e. The van der Waals surface area contributed by atoms with Crippen molar-refractivity contribution >= 4 is 17.4 Å². The molecule has 0 aromatic heterocycles. The molecule has 2 aromatic carbocycles. The van der Waals surface area contributed by atoms with Gasteiger partial charge in [0.15, 0.2) is 5.78 Å². The number of halogens is 2. The Labute approximate surface area is 162 Å². The van der Waals surface area contributed by atoms with E-state index in [0.717, 1.165) is 0 Å². The molecule has 1 heterocycles. The van der Waals surface area contributed by atoms with Crippen molar-refractivity contribution < 1.29 is 18.4 Å². The van der Waals surface area contributed by atoms with Crippen molar-refractivity contribution in [1.29, 1.82) is 0 Å². The molecule has 0 N–H and O–H groups in total. The Hall–Kier alpha value is -2.82. The van der Waals surface area contributed by atoms with Crippen LogP contribution < -0.4 is 4.90 Å². The maximum atomic E-state index is 14.5. The Bertz CT molecular complexity index is 1010. The summed E-state index contributed by atoms with van der Waals surface area (Å²) in [5.74, 6) is -2.04. The van der Waals surface area contributed by atoms with E-state index in [1.165, 1.54) is 23.1 Å². The summed E-state index contributed by atoms with van der Waals surface area (Å²) in [5.41, 5.74) is 1.04. The zero-order valence-corrected chi connectivity index (χ0v) is 15.8. The Morgan fingerprint density at radius 3 is 2.25 bits per heavy atom.